The third-order valence-corrected chi connectivity index (χ3v) is 4.75. The highest BCUT2D eigenvalue weighted by atomic mass is 15.1. The summed E-state index contributed by atoms with van der Waals surface area (Å²) >= 11 is 0. The van der Waals surface area contributed by atoms with Crippen molar-refractivity contribution in [3.05, 3.63) is 0 Å². The van der Waals surface area contributed by atoms with Crippen LogP contribution in [0.25, 0.3) is 0 Å². The van der Waals surface area contributed by atoms with Crippen LogP contribution < -0.4 is 0 Å². The maximum absolute atomic E-state index is 8.97. The molecular formula is C16H30N2. The largest absolute Gasteiger partial charge is 0.303 e. The number of hydrogen-bond acceptors (Lipinski definition) is 2. The highest BCUT2D eigenvalue weighted by Crippen LogP contribution is 2.34. The second-order valence-corrected chi connectivity index (χ2v) is 6.96. The first-order chi connectivity index (χ1) is 8.41. The molecule has 0 unspecified atom stereocenters. The summed E-state index contributed by atoms with van der Waals surface area (Å²) in [7, 11) is 0. The van der Waals surface area contributed by atoms with Crippen LogP contribution >= 0.6 is 0 Å². The van der Waals surface area contributed by atoms with Crippen LogP contribution in [0.2, 0.25) is 0 Å². The molecule has 1 rings (SSSR count). The fourth-order valence-electron chi connectivity index (χ4n) is 2.63. The molecular weight excluding hydrogens is 220 g/mol. The Morgan fingerprint density at radius 1 is 1.22 bits per heavy atom. The third kappa shape index (κ3) is 4.98. The molecule has 2 heteroatoms. The number of unbranched alkanes of at least 4 members (excludes halogenated alkanes) is 1. The molecule has 0 aromatic rings. The molecule has 0 spiro atoms. The van der Waals surface area contributed by atoms with Crippen molar-refractivity contribution in [2.75, 3.05) is 19.6 Å². The molecule has 18 heavy (non-hydrogen) atoms. The van der Waals surface area contributed by atoms with Crippen molar-refractivity contribution < 1.29 is 0 Å². The quantitative estimate of drug-likeness (QED) is 0.660. The molecule has 0 aromatic carbocycles. The van der Waals surface area contributed by atoms with Crippen LogP contribution in [0.1, 0.15) is 66.2 Å². The van der Waals surface area contributed by atoms with Crippen molar-refractivity contribution in [2.24, 2.45) is 10.8 Å². The fraction of sp³-hybridized carbons (Fsp3) is 0.938. The van der Waals surface area contributed by atoms with Gasteiger partial charge in [-0.25, -0.2) is 0 Å². The van der Waals surface area contributed by atoms with Gasteiger partial charge in [0.15, 0.2) is 0 Å². The van der Waals surface area contributed by atoms with E-state index >= 15 is 0 Å². The highest BCUT2D eigenvalue weighted by molar-refractivity contribution is 4.91. The molecule has 1 fully saturated rings. The number of rotatable bonds is 6. The van der Waals surface area contributed by atoms with Crippen molar-refractivity contribution in [3.63, 3.8) is 0 Å². The normalized spacial score (nSPS) is 20.6. The average molecular weight is 250 g/mol. The van der Waals surface area contributed by atoms with Crippen LogP contribution in [-0.4, -0.2) is 24.5 Å². The highest BCUT2D eigenvalue weighted by Gasteiger charge is 2.27. The summed E-state index contributed by atoms with van der Waals surface area (Å²) in [5.41, 5.74) is 0.460. The Labute approximate surface area is 113 Å². The first-order valence-corrected chi connectivity index (χ1v) is 7.54. The second kappa shape index (κ2) is 6.57. The molecule has 1 saturated heterocycles. The van der Waals surface area contributed by atoms with Gasteiger partial charge in [-0.3, -0.25) is 0 Å². The molecule has 0 radical (unpaired) electrons. The van der Waals surface area contributed by atoms with Crippen LogP contribution in [0.4, 0.5) is 0 Å². The van der Waals surface area contributed by atoms with E-state index in [0.29, 0.717) is 5.41 Å². The van der Waals surface area contributed by atoms with Crippen LogP contribution in [0.3, 0.4) is 0 Å². The number of piperidine rings is 1. The van der Waals surface area contributed by atoms with Crippen molar-refractivity contribution in [1.29, 1.82) is 5.26 Å². The summed E-state index contributed by atoms with van der Waals surface area (Å²) in [6, 6.07) is 2.38. The van der Waals surface area contributed by atoms with Gasteiger partial charge in [0.05, 0.1) is 11.5 Å². The summed E-state index contributed by atoms with van der Waals surface area (Å²) in [5.74, 6) is 0. The van der Waals surface area contributed by atoms with E-state index in [1.54, 1.807) is 0 Å². The molecule has 0 saturated carbocycles. The molecule has 2 nitrogen and oxygen atoms in total. The lowest BCUT2D eigenvalue weighted by atomic mass is 9.78. The van der Waals surface area contributed by atoms with E-state index in [1.807, 2.05) is 13.8 Å². The van der Waals surface area contributed by atoms with E-state index in [4.69, 9.17) is 5.26 Å². The fourth-order valence-corrected chi connectivity index (χ4v) is 2.63. The van der Waals surface area contributed by atoms with Crippen molar-refractivity contribution in [1.82, 2.24) is 4.90 Å². The van der Waals surface area contributed by atoms with Gasteiger partial charge in [0, 0.05) is 0 Å². The predicted octanol–water partition coefficient (Wildman–Crippen LogP) is 4.22. The number of nitriles is 1. The Bertz CT molecular complexity index is 280. The minimum absolute atomic E-state index is 0.136. The van der Waals surface area contributed by atoms with Gasteiger partial charge in [0.1, 0.15) is 0 Å². The summed E-state index contributed by atoms with van der Waals surface area (Å²) in [5, 5.41) is 8.97. The first-order valence-electron chi connectivity index (χ1n) is 7.54. The zero-order valence-electron chi connectivity index (χ0n) is 12.8. The van der Waals surface area contributed by atoms with Crippen molar-refractivity contribution >= 4 is 0 Å². The molecule has 0 aromatic heterocycles. The SMILES string of the molecule is CCC1(C)CCN(CCCCC(C)(C)C#N)CC1. The maximum Gasteiger partial charge on any atom is 0.0683 e. The van der Waals surface area contributed by atoms with Crippen molar-refractivity contribution in [2.45, 2.75) is 66.2 Å². The van der Waals surface area contributed by atoms with E-state index in [2.05, 4.69) is 24.8 Å². The molecule has 1 heterocycles. The van der Waals surface area contributed by atoms with E-state index in [-0.39, 0.29) is 5.41 Å². The third-order valence-electron chi connectivity index (χ3n) is 4.75. The summed E-state index contributed by atoms with van der Waals surface area (Å²) in [6.45, 7) is 12.6. The number of likely N-dealkylation sites (tertiary alicyclic amines) is 1. The van der Waals surface area contributed by atoms with Gasteiger partial charge in [-0.15, -0.1) is 0 Å². The lowest BCUT2D eigenvalue weighted by Crippen LogP contribution is -2.38. The maximum atomic E-state index is 8.97. The van der Waals surface area contributed by atoms with Crippen LogP contribution in [0.5, 0.6) is 0 Å². The smallest absolute Gasteiger partial charge is 0.0683 e. The van der Waals surface area contributed by atoms with Gasteiger partial charge in [-0.2, -0.15) is 5.26 Å². The Kier molecular flexibility index (Phi) is 5.66. The van der Waals surface area contributed by atoms with Crippen molar-refractivity contribution in [3.8, 4) is 6.07 Å². The minimum atomic E-state index is -0.136. The lowest BCUT2D eigenvalue weighted by molar-refractivity contribution is 0.113. The lowest BCUT2D eigenvalue weighted by Gasteiger charge is -2.39. The number of nitrogens with zero attached hydrogens (tertiary/aromatic N) is 2. The molecule has 0 atom stereocenters. The molecule has 0 amide bonds. The summed E-state index contributed by atoms with van der Waals surface area (Å²) in [4.78, 5) is 2.61. The summed E-state index contributed by atoms with van der Waals surface area (Å²) in [6.07, 6.45) is 7.48. The van der Waals surface area contributed by atoms with Gasteiger partial charge < -0.3 is 4.90 Å². The average Bonchev–Trinajstić information content (AvgIpc) is 2.37. The molecule has 1 aliphatic rings. The topological polar surface area (TPSA) is 27.0 Å². The molecule has 0 aliphatic carbocycles. The zero-order valence-corrected chi connectivity index (χ0v) is 12.8. The van der Waals surface area contributed by atoms with Gasteiger partial charge in [-0.1, -0.05) is 26.7 Å². The molecule has 0 N–H and O–H groups in total. The van der Waals surface area contributed by atoms with Gasteiger partial charge in [-0.05, 0) is 64.6 Å². The second-order valence-electron chi connectivity index (χ2n) is 6.96. The molecule has 104 valence electrons. The zero-order chi connectivity index (χ0) is 13.6. The van der Waals surface area contributed by atoms with E-state index < -0.39 is 0 Å². The van der Waals surface area contributed by atoms with Gasteiger partial charge in [0.2, 0.25) is 0 Å². The standard InChI is InChI=1S/C16H30N2/c1-5-16(4)9-12-18(13-10-16)11-7-6-8-15(2,3)14-17/h5-13H2,1-4H3. The van der Waals surface area contributed by atoms with E-state index in [0.717, 1.165) is 6.42 Å². The van der Waals surface area contributed by atoms with E-state index in [9.17, 15) is 0 Å². The minimum Gasteiger partial charge on any atom is -0.303 e. The molecule has 0 bridgehead atoms. The Balaban J connectivity index is 2.14. The Hall–Kier alpha value is -0.550. The Morgan fingerprint density at radius 2 is 1.83 bits per heavy atom. The monoisotopic (exact) mass is 250 g/mol. The van der Waals surface area contributed by atoms with Crippen LogP contribution in [0, 0.1) is 22.2 Å². The van der Waals surface area contributed by atoms with E-state index in [1.165, 1.54) is 51.7 Å². The Morgan fingerprint density at radius 3 is 2.33 bits per heavy atom. The first kappa shape index (κ1) is 15.5. The van der Waals surface area contributed by atoms with Gasteiger partial charge >= 0.3 is 0 Å². The van der Waals surface area contributed by atoms with Crippen LogP contribution in [-0.2, 0) is 0 Å². The number of hydrogen-bond donors (Lipinski definition) is 0. The van der Waals surface area contributed by atoms with Crippen LogP contribution in [0.15, 0.2) is 0 Å². The van der Waals surface area contributed by atoms with Gasteiger partial charge in [0.25, 0.3) is 0 Å². The molecule has 1 aliphatic heterocycles. The predicted molar refractivity (Wildman–Crippen MR) is 77.3 cm³/mol. The summed E-state index contributed by atoms with van der Waals surface area (Å²) < 4.78 is 0.